The van der Waals surface area contributed by atoms with Gasteiger partial charge >= 0.3 is 0 Å². The maximum atomic E-state index is 10.9. The van der Waals surface area contributed by atoms with Gasteiger partial charge in [-0.3, -0.25) is 0 Å². The number of rotatable bonds is 2. The van der Waals surface area contributed by atoms with E-state index in [1.54, 1.807) is 0 Å². The van der Waals surface area contributed by atoms with E-state index in [9.17, 15) is 5.11 Å². The van der Waals surface area contributed by atoms with Gasteiger partial charge in [-0.2, -0.15) is 0 Å². The summed E-state index contributed by atoms with van der Waals surface area (Å²) in [6, 6.07) is 0. The van der Waals surface area contributed by atoms with Crippen LogP contribution in [0.15, 0.2) is 0 Å². The van der Waals surface area contributed by atoms with Gasteiger partial charge in [-0.15, -0.1) is 0 Å². The summed E-state index contributed by atoms with van der Waals surface area (Å²) >= 11 is 0. The molecule has 0 radical (unpaired) electrons. The highest BCUT2D eigenvalue weighted by Gasteiger charge is 2.42. The highest BCUT2D eigenvalue weighted by atomic mass is 16.3. The van der Waals surface area contributed by atoms with Crippen molar-refractivity contribution in [1.29, 1.82) is 0 Å². The van der Waals surface area contributed by atoms with E-state index in [0.717, 1.165) is 30.6 Å². The summed E-state index contributed by atoms with van der Waals surface area (Å²) < 4.78 is 0. The molecule has 1 heteroatoms. The van der Waals surface area contributed by atoms with E-state index in [0.29, 0.717) is 5.92 Å². The summed E-state index contributed by atoms with van der Waals surface area (Å²) in [4.78, 5) is 0. The van der Waals surface area contributed by atoms with Gasteiger partial charge in [0, 0.05) is 0 Å². The van der Waals surface area contributed by atoms with Crippen molar-refractivity contribution in [2.75, 3.05) is 0 Å². The molecule has 0 aromatic carbocycles. The van der Waals surface area contributed by atoms with Crippen LogP contribution < -0.4 is 0 Å². The van der Waals surface area contributed by atoms with Gasteiger partial charge in [-0.25, -0.2) is 0 Å². The Balaban J connectivity index is 1.96. The predicted molar refractivity (Wildman–Crippen MR) is 72.9 cm³/mol. The third-order valence-electron chi connectivity index (χ3n) is 5.49. The van der Waals surface area contributed by atoms with Crippen molar-refractivity contribution >= 4 is 0 Å². The molecule has 0 amide bonds. The molecule has 2 rings (SSSR count). The van der Waals surface area contributed by atoms with Gasteiger partial charge in [0.15, 0.2) is 0 Å². The van der Waals surface area contributed by atoms with Crippen LogP contribution in [-0.4, -0.2) is 10.7 Å². The second-order valence-electron chi connectivity index (χ2n) is 7.07. The zero-order valence-corrected chi connectivity index (χ0v) is 11.9. The number of aliphatic hydroxyl groups is 1. The van der Waals surface area contributed by atoms with Crippen LogP contribution in [0.5, 0.6) is 0 Å². The summed E-state index contributed by atoms with van der Waals surface area (Å²) in [5.74, 6) is 3.10. The van der Waals surface area contributed by atoms with Crippen molar-refractivity contribution in [2.24, 2.45) is 23.7 Å². The van der Waals surface area contributed by atoms with Gasteiger partial charge in [-0.1, -0.05) is 27.2 Å². The second-order valence-corrected chi connectivity index (χ2v) is 7.07. The highest BCUT2D eigenvalue weighted by Crippen LogP contribution is 2.46. The van der Waals surface area contributed by atoms with Crippen LogP contribution in [0.2, 0.25) is 0 Å². The Bertz CT molecular complexity index is 230. The molecule has 0 aromatic heterocycles. The van der Waals surface area contributed by atoms with Crippen LogP contribution in [0.4, 0.5) is 0 Å². The lowest BCUT2D eigenvalue weighted by atomic mass is 9.64. The molecule has 2 fully saturated rings. The standard InChI is InChI=1S/C16H30O/c1-4-14-5-7-16(17,8-6-14)15-10-12(2)9-13(3)11-15/h12-15,17H,4-11H2,1-3H3. The summed E-state index contributed by atoms with van der Waals surface area (Å²) in [7, 11) is 0. The Labute approximate surface area is 107 Å². The molecule has 0 aromatic rings. The van der Waals surface area contributed by atoms with Crippen LogP contribution in [0.25, 0.3) is 0 Å². The minimum Gasteiger partial charge on any atom is -0.390 e. The molecule has 2 aliphatic carbocycles. The van der Waals surface area contributed by atoms with Crippen molar-refractivity contribution in [3.05, 3.63) is 0 Å². The third kappa shape index (κ3) is 3.05. The van der Waals surface area contributed by atoms with E-state index >= 15 is 0 Å². The fourth-order valence-electron chi connectivity index (χ4n) is 4.38. The van der Waals surface area contributed by atoms with Gasteiger partial charge in [0.1, 0.15) is 0 Å². The van der Waals surface area contributed by atoms with Crippen molar-refractivity contribution in [2.45, 2.75) is 77.7 Å². The van der Waals surface area contributed by atoms with E-state index in [-0.39, 0.29) is 5.60 Å². The third-order valence-corrected chi connectivity index (χ3v) is 5.49. The van der Waals surface area contributed by atoms with Crippen LogP contribution in [0.3, 0.4) is 0 Å². The highest BCUT2D eigenvalue weighted by molar-refractivity contribution is 4.94. The molecule has 17 heavy (non-hydrogen) atoms. The maximum Gasteiger partial charge on any atom is 0.0676 e. The first-order chi connectivity index (χ1) is 8.03. The first kappa shape index (κ1) is 13.4. The SMILES string of the molecule is CCC1CCC(O)(C2CC(C)CC(C)C2)CC1. The van der Waals surface area contributed by atoms with Gasteiger partial charge in [0.05, 0.1) is 5.60 Å². The van der Waals surface area contributed by atoms with Gasteiger partial charge < -0.3 is 5.11 Å². The minimum atomic E-state index is -0.311. The lowest BCUT2D eigenvalue weighted by Gasteiger charge is -2.46. The molecule has 1 N–H and O–H groups in total. The van der Waals surface area contributed by atoms with Crippen LogP contribution in [0, 0.1) is 23.7 Å². The normalized spacial score (nSPS) is 48.0. The lowest BCUT2D eigenvalue weighted by molar-refractivity contribution is -0.0824. The fourth-order valence-corrected chi connectivity index (χ4v) is 4.38. The summed E-state index contributed by atoms with van der Waals surface area (Å²) in [6.07, 6.45) is 9.83. The largest absolute Gasteiger partial charge is 0.390 e. The summed E-state index contributed by atoms with van der Waals surface area (Å²) in [6.45, 7) is 7.02. The van der Waals surface area contributed by atoms with E-state index in [4.69, 9.17) is 0 Å². The van der Waals surface area contributed by atoms with Crippen LogP contribution in [0.1, 0.15) is 72.1 Å². The molecule has 2 unspecified atom stereocenters. The molecule has 1 nitrogen and oxygen atoms in total. The zero-order valence-electron chi connectivity index (χ0n) is 11.9. The quantitative estimate of drug-likeness (QED) is 0.756. The van der Waals surface area contributed by atoms with E-state index in [1.807, 2.05) is 0 Å². The fraction of sp³-hybridized carbons (Fsp3) is 1.00. The van der Waals surface area contributed by atoms with Gasteiger partial charge in [0.25, 0.3) is 0 Å². The molecular formula is C16H30O. The van der Waals surface area contributed by atoms with Crippen LogP contribution >= 0.6 is 0 Å². The average Bonchev–Trinajstić information content (AvgIpc) is 2.29. The van der Waals surface area contributed by atoms with Crippen LogP contribution in [-0.2, 0) is 0 Å². The van der Waals surface area contributed by atoms with Gasteiger partial charge in [0.2, 0.25) is 0 Å². The lowest BCUT2D eigenvalue weighted by Crippen LogP contribution is -2.44. The molecule has 0 spiro atoms. The molecule has 100 valence electrons. The van der Waals surface area contributed by atoms with Crippen molar-refractivity contribution in [3.8, 4) is 0 Å². The molecular weight excluding hydrogens is 208 g/mol. The van der Waals surface area contributed by atoms with Crippen molar-refractivity contribution in [1.82, 2.24) is 0 Å². The molecule has 0 heterocycles. The van der Waals surface area contributed by atoms with Gasteiger partial charge in [-0.05, 0) is 68.6 Å². The van der Waals surface area contributed by atoms with E-state index < -0.39 is 0 Å². The average molecular weight is 238 g/mol. The Morgan fingerprint density at radius 3 is 2.00 bits per heavy atom. The summed E-state index contributed by atoms with van der Waals surface area (Å²) in [5, 5.41) is 10.9. The van der Waals surface area contributed by atoms with Crippen molar-refractivity contribution < 1.29 is 5.11 Å². The Kier molecular flexibility index (Phi) is 4.18. The Hall–Kier alpha value is -0.0400. The summed E-state index contributed by atoms with van der Waals surface area (Å²) in [5.41, 5.74) is -0.311. The topological polar surface area (TPSA) is 20.2 Å². The van der Waals surface area contributed by atoms with E-state index in [1.165, 1.54) is 38.5 Å². The molecule has 0 aliphatic heterocycles. The predicted octanol–water partition coefficient (Wildman–Crippen LogP) is 4.39. The molecule has 0 bridgehead atoms. The monoisotopic (exact) mass is 238 g/mol. The zero-order chi connectivity index (χ0) is 12.5. The smallest absolute Gasteiger partial charge is 0.0676 e. The van der Waals surface area contributed by atoms with E-state index in [2.05, 4.69) is 20.8 Å². The molecule has 2 saturated carbocycles. The van der Waals surface area contributed by atoms with Crippen molar-refractivity contribution in [3.63, 3.8) is 0 Å². The first-order valence-corrected chi connectivity index (χ1v) is 7.76. The minimum absolute atomic E-state index is 0.311. The number of hydrogen-bond acceptors (Lipinski definition) is 1. The molecule has 0 saturated heterocycles. The molecule has 2 aliphatic rings. The maximum absolute atomic E-state index is 10.9. The Morgan fingerprint density at radius 1 is 1.00 bits per heavy atom. The molecule has 2 atom stereocenters. The second kappa shape index (κ2) is 5.30. The number of hydrogen-bond donors (Lipinski definition) is 1. The first-order valence-electron chi connectivity index (χ1n) is 7.76. The Morgan fingerprint density at radius 2 is 1.53 bits per heavy atom.